The third-order valence-corrected chi connectivity index (χ3v) is 1.78. The molecule has 1 atom stereocenters. The van der Waals surface area contributed by atoms with Gasteiger partial charge in [-0.15, -0.1) is 0 Å². The zero-order valence-corrected chi connectivity index (χ0v) is 8.48. The monoisotopic (exact) mass is 232 g/mol. The average Bonchev–Trinajstić information content (AvgIpc) is 2.14. The standard InChI is InChI=1S/C8H16F4N2O/c1-15-3-2-6(13)4-14-5-8(11,12)7(9)10/h6-7,14H,2-5,13H2,1H3. The van der Waals surface area contributed by atoms with Crippen molar-refractivity contribution >= 4 is 0 Å². The van der Waals surface area contributed by atoms with Crippen LogP contribution in [0, 0.1) is 0 Å². The van der Waals surface area contributed by atoms with E-state index >= 15 is 0 Å². The Hall–Kier alpha value is -0.400. The summed E-state index contributed by atoms with van der Waals surface area (Å²) in [4.78, 5) is 0. The van der Waals surface area contributed by atoms with Gasteiger partial charge < -0.3 is 15.8 Å². The van der Waals surface area contributed by atoms with Crippen molar-refractivity contribution in [3.05, 3.63) is 0 Å². The van der Waals surface area contributed by atoms with E-state index in [2.05, 4.69) is 5.32 Å². The summed E-state index contributed by atoms with van der Waals surface area (Å²) in [7, 11) is 1.49. The van der Waals surface area contributed by atoms with Crippen molar-refractivity contribution in [1.29, 1.82) is 0 Å². The minimum atomic E-state index is -4.00. The van der Waals surface area contributed by atoms with Crippen molar-refractivity contribution in [2.24, 2.45) is 5.73 Å². The lowest BCUT2D eigenvalue weighted by Gasteiger charge is -2.17. The van der Waals surface area contributed by atoms with E-state index in [4.69, 9.17) is 10.5 Å². The lowest BCUT2D eigenvalue weighted by atomic mass is 10.2. The molecule has 0 aliphatic heterocycles. The molecule has 0 aromatic heterocycles. The van der Waals surface area contributed by atoms with Gasteiger partial charge in [-0.3, -0.25) is 0 Å². The molecule has 0 aliphatic carbocycles. The first-order valence-corrected chi connectivity index (χ1v) is 4.51. The average molecular weight is 232 g/mol. The van der Waals surface area contributed by atoms with Gasteiger partial charge in [-0.1, -0.05) is 0 Å². The molecule has 0 spiro atoms. The van der Waals surface area contributed by atoms with Gasteiger partial charge in [0.2, 0.25) is 0 Å². The van der Waals surface area contributed by atoms with Gasteiger partial charge in [0.15, 0.2) is 0 Å². The SMILES string of the molecule is COCCC(N)CNCC(F)(F)C(F)F. The number of nitrogens with two attached hydrogens (primary N) is 1. The van der Waals surface area contributed by atoms with E-state index in [1.165, 1.54) is 7.11 Å². The van der Waals surface area contributed by atoms with Gasteiger partial charge in [0.05, 0.1) is 6.54 Å². The van der Waals surface area contributed by atoms with Crippen molar-refractivity contribution < 1.29 is 22.3 Å². The molecule has 1 unspecified atom stereocenters. The molecule has 0 saturated carbocycles. The Morgan fingerprint density at radius 3 is 2.47 bits per heavy atom. The summed E-state index contributed by atoms with van der Waals surface area (Å²) in [6.45, 7) is -0.592. The maximum absolute atomic E-state index is 12.4. The van der Waals surface area contributed by atoms with E-state index in [9.17, 15) is 17.6 Å². The Morgan fingerprint density at radius 2 is 2.00 bits per heavy atom. The van der Waals surface area contributed by atoms with Crippen molar-refractivity contribution in [2.75, 3.05) is 26.8 Å². The molecule has 3 nitrogen and oxygen atoms in total. The van der Waals surface area contributed by atoms with E-state index in [1.54, 1.807) is 0 Å². The largest absolute Gasteiger partial charge is 0.385 e. The Kier molecular flexibility index (Phi) is 6.78. The fourth-order valence-corrected chi connectivity index (χ4v) is 0.873. The molecule has 0 fully saturated rings. The van der Waals surface area contributed by atoms with Crippen LogP contribution < -0.4 is 11.1 Å². The van der Waals surface area contributed by atoms with Gasteiger partial charge in [0.25, 0.3) is 0 Å². The van der Waals surface area contributed by atoms with Crippen LogP contribution in [0.5, 0.6) is 0 Å². The normalized spacial score (nSPS) is 14.6. The molecule has 0 bridgehead atoms. The highest BCUT2D eigenvalue weighted by Gasteiger charge is 2.39. The minimum absolute atomic E-state index is 0.0612. The van der Waals surface area contributed by atoms with Crippen LogP contribution in [0.1, 0.15) is 6.42 Å². The highest BCUT2D eigenvalue weighted by atomic mass is 19.3. The number of alkyl halides is 4. The van der Waals surface area contributed by atoms with Crippen LogP contribution in [0.25, 0.3) is 0 Å². The van der Waals surface area contributed by atoms with Crippen LogP contribution >= 0.6 is 0 Å². The number of hydrogen-bond acceptors (Lipinski definition) is 3. The fraction of sp³-hybridized carbons (Fsp3) is 1.00. The van der Waals surface area contributed by atoms with E-state index in [-0.39, 0.29) is 12.6 Å². The number of hydrogen-bond donors (Lipinski definition) is 2. The molecule has 0 amide bonds. The summed E-state index contributed by atoms with van der Waals surface area (Å²) in [5.41, 5.74) is 5.49. The highest BCUT2D eigenvalue weighted by molar-refractivity contribution is 4.74. The van der Waals surface area contributed by atoms with Crippen LogP contribution in [-0.2, 0) is 4.74 Å². The van der Waals surface area contributed by atoms with Crippen molar-refractivity contribution in [2.45, 2.75) is 24.8 Å². The lowest BCUT2D eigenvalue weighted by molar-refractivity contribution is -0.125. The topological polar surface area (TPSA) is 47.3 Å². The smallest absolute Gasteiger partial charge is 0.319 e. The Balaban J connectivity index is 3.60. The fourth-order valence-electron chi connectivity index (χ4n) is 0.873. The second-order valence-corrected chi connectivity index (χ2v) is 3.23. The molecule has 0 radical (unpaired) electrons. The van der Waals surface area contributed by atoms with Gasteiger partial charge in [-0.05, 0) is 6.42 Å². The van der Waals surface area contributed by atoms with E-state index in [0.717, 1.165) is 0 Å². The number of ether oxygens (including phenoxy) is 1. The Bertz CT molecular complexity index is 169. The highest BCUT2D eigenvalue weighted by Crippen LogP contribution is 2.21. The summed E-state index contributed by atoms with van der Waals surface area (Å²) in [6.07, 6.45) is -3.16. The van der Waals surface area contributed by atoms with Crippen LogP contribution in [0.4, 0.5) is 17.6 Å². The van der Waals surface area contributed by atoms with Gasteiger partial charge in [0.1, 0.15) is 0 Å². The molecular formula is C8H16F4N2O. The Labute approximate surface area is 86.0 Å². The van der Waals surface area contributed by atoms with E-state index in [1.807, 2.05) is 0 Å². The third-order valence-electron chi connectivity index (χ3n) is 1.78. The summed E-state index contributed by atoms with van der Waals surface area (Å²) in [6, 6.07) is -0.376. The van der Waals surface area contributed by atoms with Crippen LogP contribution in [0.15, 0.2) is 0 Å². The maximum Gasteiger partial charge on any atom is 0.319 e. The van der Waals surface area contributed by atoms with Crippen molar-refractivity contribution in [3.63, 3.8) is 0 Å². The molecule has 0 aromatic carbocycles. The molecule has 7 heteroatoms. The second kappa shape index (κ2) is 6.97. The molecule has 0 aromatic rings. The number of methoxy groups -OCH3 is 1. The number of nitrogens with one attached hydrogen (secondary N) is 1. The third kappa shape index (κ3) is 6.64. The first kappa shape index (κ1) is 14.6. The molecule has 92 valence electrons. The van der Waals surface area contributed by atoms with Gasteiger partial charge >= 0.3 is 12.3 Å². The molecule has 3 N–H and O–H groups in total. The van der Waals surface area contributed by atoms with Gasteiger partial charge in [-0.2, -0.15) is 8.78 Å². The quantitative estimate of drug-likeness (QED) is 0.610. The van der Waals surface area contributed by atoms with Crippen LogP contribution in [0.3, 0.4) is 0 Å². The van der Waals surface area contributed by atoms with Gasteiger partial charge in [0, 0.05) is 26.3 Å². The van der Waals surface area contributed by atoms with Crippen molar-refractivity contribution in [1.82, 2.24) is 5.32 Å². The molecule has 0 heterocycles. The van der Waals surface area contributed by atoms with Crippen molar-refractivity contribution in [3.8, 4) is 0 Å². The maximum atomic E-state index is 12.4. The predicted octanol–water partition coefficient (Wildman–Crippen LogP) is 0.840. The summed E-state index contributed by atoms with van der Waals surface area (Å²) < 4.78 is 52.9. The van der Waals surface area contributed by atoms with Crippen LogP contribution in [0.2, 0.25) is 0 Å². The molecular weight excluding hydrogens is 216 g/mol. The summed E-state index contributed by atoms with van der Waals surface area (Å²) in [5.74, 6) is -4.00. The van der Waals surface area contributed by atoms with Crippen LogP contribution in [-0.4, -0.2) is 45.2 Å². The zero-order valence-electron chi connectivity index (χ0n) is 8.48. The van der Waals surface area contributed by atoms with E-state index in [0.29, 0.717) is 13.0 Å². The predicted molar refractivity (Wildman–Crippen MR) is 48.3 cm³/mol. The minimum Gasteiger partial charge on any atom is -0.385 e. The van der Waals surface area contributed by atoms with E-state index < -0.39 is 18.9 Å². The molecule has 0 saturated heterocycles. The molecule has 0 aliphatic rings. The molecule has 15 heavy (non-hydrogen) atoms. The first-order valence-electron chi connectivity index (χ1n) is 4.51. The second-order valence-electron chi connectivity index (χ2n) is 3.23. The number of halogens is 4. The zero-order chi connectivity index (χ0) is 11.9. The summed E-state index contributed by atoms with van der Waals surface area (Å²) in [5, 5.41) is 2.21. The van der Waals surface area contributed by atoms with Gasteiger partial charge in [-0.25, -0.2) is 8.78 Å². The first-order chi connectivity index (χ1) is 6.90. The lowest BCUT2D eigenvalue weighted by Crippen LogP contribution is -2.43. The number of rotatable bonds is 8. The Morgan fingerprint density at radius 1 is 1.40 bits per heavy atom. The summed E-state index contributed by atoms with van der Waals surface area (Å²) >= 11 is 0. The molecule has 0 rings (SSSR count).